The maximum absolute atomic E-state index is 12.5. The van der Waals surface area contributed by atoms with Crippen molar-refractivity contribution in [2.24, 2.45) is 0 Å². The maximum Gasteiger partial charge on any atom is 0.263 e. The summed E-state index contributed by atoms with van der Waals surface area (Å²) in [6.07, 6.45) is 0. The van der Waals surface area contributed by atoms with Crippen LogP contribution in [0.4, 0.5) is 5.69 Å². The molecule has 3 nitrogen and oxygen atoms in total. The number of benzene rings is 2. The lowest BCUT2D eigenvalue weighted by Crippen LogP contribution is -2.22. The van der Waals surface area contributed by atoms with Gasteiger partial charge in [0.25, 0.3) is 5.91 Å². The number of fused-ring (bicyclic) bond motifs is 1. The minimum Gasteiger partial charge on any atom is -0.276 e. The first-order valence-electron chi connectivity index (χ1n) is 5.96. The molecule has 1 amide bonds. The number of hydrogen-bond acceptors (Lipinski definition) is 2. The zero-order valence-corrected chi connectivity index (χ0v) is 11.2. The van der Waals surface area contributed by atoms with Gasteiger partial charge in [-0.1, -0.05) is 36.4 Å². The lowest BCUT2D eigenvalue weighted by atomic mass is 10.1. The van der Waals surface area contributed by atoms with Crippen LogP contribution in [-0.2, 0) is 0 Å². The molecule has 2 aromatic rings. The first-order chi connectivity index (χ1) is 9.63. The molecule has 2 aromatic carbocycles. The predicted octanol–water partition coefficient (Wildman–Crippen LogP) is 3.84. The third-order valence-electron chi connectivity index (χ3n) is 3.26. The van der Waals surface area contributed by atoms with Crippen molar-refractivity contribution in [1.29, 1.82) is 5.26 Å². The van der Waals surface area contributed by atoms with E-state index in [1.54, 1.807) is 30.3 Å². The van der Waals surface area contributed by atoms with E-state index in [2.05, 4.69) is 12.6 Å². The van der Waals surface area contributed by atoms with Gasteiger partial charge in [-0.3, -0.25) is 9.69 Å². The molecule has 0 saturated carbocycles. The molecule has 0 atom stereocenters. The molecular weight excluding hydrogens is 272 g/mol. The first-order valence-corrected chi connectivity index (χ1v) is 6.33. The number of halogens is 1. The van der Waals surface area contributed by atoms with Gasteiger partial charge in [0.1, 0.15) is 6.07 Å². The van der Waals surface area contributed by atoms with Crippen LogP contribution in [0.5, 0.6) is 0 Å². The van der Waals surface area contributed by atoms with Crippen molar-refractivity contribution in [1.82, 2.24) is 0 Å². The third-order valence-corrected chi connectivity index (χ3v) is 3.50. The Bertz CT molecular complexity index is 754. The minimum atomic E-state index is -0.190. The van der Waals surface area contributed by atoms with Gasteiger partial charge in [0, 0.05) is 16.1 Å². The largest absolute Gasteiger partial charge is 0.276 e. The van der Waals surface area contributed by atoms with Gasteiger partial charge < -0.3 is 0 Å². The van der Waals surface area contributed by atoms with Gasteiger partial charge in [-0.15, -0.1) is 0 Å². The van der Waals surface area contributed by atoms with Crippen molar-refractivity contribution in [3.63, 3.8) is 0 Å². The first kappa shape index (κ1) is 12.5. The Morgan fingerprint density at radius 3 is 2.50 bits per heavy atom. The lowest BCUT2D eigenvalue weighted by molar-refractivity contribution is 0.101. The summed E-state index contributed by atoms with van der Waals surface area (Å²) in [7, 11) is 0. The van der Waals surface area contributed by atoms with Crippen LogP contribution in [-0.4, -0.2) is 5.91 Å². The molecule has 20 heavy (non-hydrogen) atoms. The van der Waals surface area contributed by atoms with Crippen LogP contribution < -0.4 is 4.90 Å². The van der Waals surface area contributed by atoms with Crippen LogP contribution in [0.2, 0.25) is 5.02 Å². The Balaban J connectivity index is 2.19. The summed E-state index contributed by atoms with van der Waals surface area (Å²) in [5, 5.41) is 9.67. The molecule has 0 aromatic heterocycles. The summed E-state index contributed by atoms with van der Waals surface area (Å²) in [6, 6.07) is 14.1. The van der Waals surface area contributed by atoms with Crippen molar-refractivity contribution in [3.05, 3.63) is 70.8 Å². The zero-order chi connectivity index (χ0) is 14.3. The SMILES string of the molecule is C=C1c2ccccc2C(=O)N1c1cc(Cl)ccc1C#N. The quantitative estimate of drug-likeness (QED) is 0.796. The summed E-state index contributed by atoms with van der Waals surface area (Å²) in [5.74, 6) is -0.190. The smallest absolute Gasteiger partial charge is 0.263 e. The number of anilines is 1. The zero-order valence-electron chi connectivity index (χ0n) is 10.4. The van der Waals surface area contributed by atoms with Gasteiger partial charge in [-0.2, -0.15) is 5.26 Å². The summed E-state index contributed by atoms with van der Waals surface area (Å²) in [6.45, 7) is 3.96. The van der Waals surface area contributed by atoms with Crippen LogP contribution in [0, 0.1) is 11.3 Å². The molecule has 0 bridgehead atoms. The highest BCUT2D eigenvalue weighted by molar-refractivity contribution is 6.31. The van der Waals surface area contributed by atoms with E-state index in [9.17, 15) is 10.1 Å². The van der Waals surface area contributed by atoms with Gasteiger partial charge >= 0.3 is 0 Å². The molecule has 1 heterocycles. The lowest BCUT2D eigenvalue weighted by Gasteiger charge is -2.19. The normalized spacial score (nSPS) is 13.3. The molecule has 0 aliphatic carbocycles. The molecule has 0 unspecified atom stereocenters. The van der Waals surface area contributed by atoms with Gasteiger partial charge in [0.05, 0.1) is 16.9 Å². The molecule has 96 valence electrons. The third kappa shape index (κ3) is 1.70. The minimum absolute atomic E-state index is 0.190. The van der Waals surface area contributed by atoms with E-state index in [1.807, 2.05) is 12.1 Å². The average Bonchev–Trinajstić information content (AvgIpc) is 2.71. The highest BCUT2D eigenvalue weighted by Gasteiger charge is 2.33. The van der Waals surface area contributed by atoms with Crippen LogP contribution >= 0.6 is 11.6 Å². The Labute approximate surface area is 121 Å². The summed E-state index contributed by atoms with van der Waals surface area (Å²) < 4.78 is 0. The fourth-order valence-electron chi connectivity index (χ4n) is 2.32. The van der Waals surface area contributed by atoms with Crippen LogP contribution in [0.3, 0.4) is 0 Å². The summed E-state index contributed by atoms with van der Waals surface area (Å²) >= 11 is 5.98. The summed E-state index contributed by atoms with van der Waals surface area (Å²) in [4.78, 5) is 13.9. The van der Waals surface area contributed by atoms with E-state index in [-0.39, 0.29) is 5.91 Å². The summed E-state index contributed by atoms with van der Waals surface area (Å²) in [5.41, 5.74) is 2.77. The van der Waals surface area contributed by atoms with Crippen molar-refractivity contribution < 1.29 is 4.79 Å². The molecule has 0 saturated heterocycles. The van der Waals surface area contributed by atoms with E-state index in [1.165, 1.54) is 4.90 Å². The Hall–Kier alpha value is -2.57. The van der Waals surface area contributed by atoms with Crippen molar-refractivity contribution in [2.45, 2.75) is 0 Å². The number of amides is 1. The molecule has 0 spiro atoms. The fraction of sp³-hybridized carbons (Fsp3) is 0. The topological polar surface area (TPSA) is 44.1 Å². The van der Waals surface area contributed by atoms with Crippen molar-refractivity contribution in [3.8, 4) is 6.07 Å². The Kier molecular flexibility index (Phi) is 2.81. The molecule has 3 rings (SSSR count). The molecule has 0 fully saturated rings. The van der Waals surface area contributed by atoms with E-state index in [0.29, 0.717) is 27.5 Å². The second-order valence-corrected chi connectivity index (χ2v) is 4.84. The van der Waals surface area contributed by atoms with Crippen molar-refractivity contribution >= 4 is 28.9 Å². The molecule has 0 N–H and O–H groups in total. The highest BCUT2D eigenvalue weighted by atomic mass is 35.5. The average molecular weight is 281 g/mol. The molecular formula is C16H9ClN2O. The monoisotopic (exact) mass is 280 g/mol. The number of hydrogen-bond donors (Lipinski definition) is 0. The molecule has 0 radical (unpaired) electrons. The van der Waals surface area contributed by atoms with E-state index in [4.69, 9.17) is 11.6 Å². The second kappa shape index (κ2) is 4.52. The number of carbonyl (C=O) groups is 1. The fourth-order valence-corrected chi connectivity index (χ4v) is 2.49. The van der Waals surface area contributed by atoms with E-state index >= 15 is 0 Å². The van der Waals surface area contributed by atoms with Crippen LogP contribution in [0.1, 0.15) is 21.5 Å². The standard InChI is InChI=1S/C16H9ClN2O/c1-10-13-4-2-3-5-14(13)16(20)19(10)15-8-12(17)7-6-11(15)9-18/h2-8H,1H2. The van der Waals surface area contributed by atoms with Gasteiger partial charge in [-0.25, -0.2) is 0 Å². The predicted molar refractivity (Wildman–Crippen MR) is 78.5 cm³/mol. The maximum atomic E-state index is 12.5. The highest BCUT2D eigenvalue weighted by Crippen LogP contribution is 2.37. The molecule has 1 aliphatic heterocycles. The van der Waals surface area contributed by atoms with Crippen molar-refractivity contribution in [2.75, 3.05) is 4.90 Å². The van der Waals surface area contributed by atoms with Gasteiger partial charge in [0.15, 0.2) is 0 Å². The Morgan fingerprint density at radius 1 is 1.15 bits per heavy atom. The number of carbonyl (C=O) groups excluding carboxylic acids is 1. The van der Waals surface area contributed by atoms with Crippen LogP contribution in [0.25, 0.3) is 5.70 Å². The van der Waals surface area contributed by atoms with Crippen LogP contribution in [0.15, 0.2) is 49.0 Å². The number of rotatable bonds is 1. The number of nitriles is 1. The molecule has 1 aliphatic rings. The van der Waals surface area contributed by atoms with E-state index in [0.717, 1.165) is 5.56 Å². The number of nitrogens with zero attached hydrogens (tertiary/aromatic N) is 2. The second-order valence-electron chi connectivity index (χ2n) is 4.41. The van der Waals surface area contributed by atoms with Gasteiger partial charge in [-0.05, 0) is 24.3 Å². The molecule has 4 heteroatoms. The Morgan fingerprint density at radius 2 is 1.85 bits per heavy atom. The van der Waals surface area contributed by atoms with E-state index < -0.39 is 0 Å². The van der Waals surface area contributed by atoms with Gasteiger partial charge in [0.2, 0.25) is 0 Å².